The largest absolute Gasteiger partial charge is 0.377 e. The fourth-order valence-corrected chi connectivity index (χ4v) is 5.94. The zero-order valence-corrected chi connectivity index (χ0v) is 26.0. The van der Waals surface area contributed by atoms with Crippen molar-refractivity contribution in [2.45, 2.75) is 55.2 Å². The highest BCUT2D eigenvalue weighted by Crippen LogP contribution is 2.27. The smallest absolute Gasteiger partial charge is 0.246 e. The molecule has 0 radical (unpaired) electrons. The first-order valence-corrected chi connectivity index (χ1v) is 16.5. The third-order valence-corrected chi connectivity index (χ3v) is 8.72. The van der Waals surface area contributed by atoms with Gasteiger partial charge in [-0.2, -0.15) is 0 Å². The van der Waals surface area contributed by atoms with Crippen LogP contribution in [0.25, 0.3) is 0 Å². The molecule has 0 unspecified atom stereocenters. The lowest BCUT2D eigenvalue weighted by Crippen LogP contribution is -2.59. The summed E-state index contributed by atoms with van der Waals surface area (Å²) >= 11 is 0. The molecule has 0 saturated carbocycles. The molecule has 16 nitrogen and oxygen atoms in total. The summed E-state index contributed by atoms with van der Waals surface area (Å²) < 4.78 is 35.8. The van der Waals surface area contributed by atoms with Crippen molar-refractivity contribution in [3.8, 4) is 0 Å². The van der Waals surface area contributed by atoms with E-state index in [-0.39, 0.29) is 63.2 Å². The lowest BCUT2D eigenvalue weighted by Gasteiger charge is -2.42. The Bertz CT molecular complexity index is 1450. The predicted octanol–water partition coefficient (Wildman–Crippen LogP) is -2.10. The number of hydrogen-bond acceptors (Lipinski definition) is 11. The number of nitrogens with two attached hydrogens (primary N) is 1. The van der Waals surface area contributed by atoms with Gasteiger partial charge in [0.15, 0.2) is 9.84 Å². The van der Waals surface area contributed by atoms with E-state index in [0.717, 1.165) is 11.8 Å². The van der Waals surface area contributed by atoms with Crippen molar-refractivity contribution in [3.05, 3.63) is 41.7 Å². The van der Waals surface area contributed by atoms with E-state index < -0.39 is 39.1 Å². The van der Waals surface area contributed by atoms with Gasteiger partial charge in [0.2, 0.25) is 23.6 Å². The second-order valence-corrected chi connectivity index (χ2v) is 13.4. The van der Waals surface area contributed by atoms with E-state index in [1.807, 2.05) is 0 Å². The summed E-state index contributed by atoms with van der Waals surface area (Å²) in [5.41, 5.74) is 5.65. The number of ether oxygens (including phenoxy) is 2. The van der Waals surface area contributed by atoms with Crippen molar-refractivity contribution in [2.75, 3.05) is 52.3 Å². The molecule has 2 saturated heterocycles. The van der Waals surface area contributed by atoms with Gasteiger partial charge in [-0.3, -0.25) is 24.1 Å². The molecule has 2 aliphatic heterocycles. The molecule has 1 atom stereocenters. The minimum atomic E-state index is -3.29. The van der Waals surface area contributed by atoms with E-state index in [2.05, 4.69) is 31.2 Å². The fraction of sp³-hybridized carbons (Fsp3) is 0.571. The van der Waals surface area contributed by atoms with Gasteiger partial charge in [-0.15, -0.1) is 5.10 Å². The molecule has 1 aromatic heterocycles. The number of carbonyl (C=O) groups is 4. The highest BCUT2D eigenvalue weighted by Gasteiger charge is 2.39. The highest BCUT2D eigenvalue weighted by atomic mass is 32.2. The fourth-order valence-electron chi connectivity index (χ4n) is 5.31. The van der Waals surface area contributed by atoms with Crippen molar-refractivity contribution in [2.24, 2.45) is 5.73 Å². The third-order valence-electron chi connectivity index (χ3n) is 7.59. The first kappa shape index (κ1) is 34.0. The SMILES string of the molecule is CS(=O)(=O)c1ccc(CN2CCC3(CC2)CC(=O)N[C@H](Cc2cn(CC(N)=O)nn2)C(=O)NCCOCCOCC(=O)N3)cc1. The molecule has 45 heavy (non-hydrogen) atoms. The van der Waals surface area contributed by atoms with E-state index in [0.29, 0.717) is 38.2 Å². The molecule has 3 heterocycles. The summed E-state index contributed by atoms with van der Waals surface area (Å²) in [5, 5.41) is 16.4. The Morgan fingerprint density at radius 1 is 1.07 bits per heavy atom. The van der Waals surface area contributed by atoms with Crippen molar-refractivity contribution >= 4 is 33.5 Å². The van der Waals surface area contributed by atoms with E-state index in [9.17, 15) is 27.6 Å². The standard InChI is InChI=1S/C28H40N8O8S/c1-45(41,42)22-4-2-20(3-5-22)16-35-9-6-28(7-10-35)15-25(38)31-23(14-21-17-36(34-33-21)18-24(29)37)27(40)30-8-11-43-12-13-44-19-26(39)32-28/h2-5,17,23H,6-16,18-19H2,1H3,(H2,29,37)(H,30,40)(H,31,38)(H,32,39)/t23-/m1/s1. The van der Waals surface area contributed by atoms with Crippen LogP contribution in [0.2, 0.25) is 0 Å². The monoisotopic (exact) mass is 648 g/mol. The van der Waals surface area contributed by atoms with Gasteiger partial charge < -0.3 is 31.2 Å². The average molecular weight is 649 g/mol. The predicted molar refractivity (Wildman–Crippen MR) is 159 cm³/mol. The van der Waals surface area contributed by atoms with Crippen LogP contribution >= 0.6 is 0 Å². The Kier molecular flexibility index (Phi) is 11.6. The van der Waals surface area contributed by atoms with Crippen LogP contribution in [0.15, 0.2) is 35.4 Å². The number of nitrogens with zero attached hydrogens (tertiary/aromatic N) is 4. The molecule has 4 rings (SSSR count). The van der Waals surface area contributed by atoms with E-state index >= 15 is 0 Å². The summed E-state index contributed by atoms with van der Waals surface area (Å²) in [7, 11) is -3.29. The van der Waals surface area contributed by atoms with Crippen molar-refractivity contribution in [1.29, 1.82) is 0 Å². The summed E-state index contributed by atoms with van der Waals surface area (Å²) in [5.74, 6) is -1.85. The topological polar surface area (TPSA) is 217 Å². The van der Waals surface area contributed by atoms with Crippen LogP contribution in [0.5, 0.6) is 0 Å². The van der Waals surface area contributed by atoms with E-state index in [1.165, 1.54) is 10.9 Å². The Hall–Kier alpha value is -3.93. The average Bonchev–Trinajstić information content (AvgIpc) is 3.40. The molecule has 2 aromatic rings. The molecule has 0 aliphatic carbocycles. The number of likely N-dealkylation sites (tertiary alicyclic amines) is 1. The molecule has 1 spiro atoms. The second-order valence-electron chi connectivity index (χ2n) is 11.4. The Balaban J connectivity index is 1.46. The summed E-state index contributed by atoms with van der Waals surface area (Å²) in [6.07, 6.45) is 3.49. The molecular formula is C28H40N8O8S. The lowest BCUT2D eigenvalue weighted by atomic mass is 9.83. The summed E-state index contributed by atoms with van der Waals surface area (Å²) in [6, 6.07) is 5.72. The maximum atomic E-state index is 13.5. The van der Waals surface area contributed by atoms with E-state index in [1.54, 1.807) is 24.3 Å². The minimum Gasteiger partial charge on any atom is -0.377 e. The van der Waals surface area contributed by atoms with Crippen molar-refractivity contribution < 1.29 is 37.1 Å². The molecule has 17 heteroatoms. The number of aromatic nitrogens is 3. The molecule has 4 amide bonds. The molecule has 1 aromatic carbocycles. The van der Waals surface area contributed by atoms with Gasteiger partial charge in [-0.05, 0) is 30.5 Å². The zero-order valence-electron chi connectivity index (χ0n) is 25.2. The van der Waals surface area contributed by atoms with Gasteiger partial charge in [0.1, 0.15) is 19.2 Å². The zero-order chi connectivity index (χ0) is 32.5. The first-order valence-electron chi connectivity index (χ1n) is 14.6. The van der Waals surface area contributed by atoms with Crippen LogP contribution in [0.3, 0.4) is 0 Å². The Morgan fingerprint density at radius 3 is 2.47 bits per heavy atom. The molecule has 2 aliphatic rings. The number of hydrogen-bond donors (Lipinski definition) is 4. The number of benzene rings is 1. The van der Waals surface area contributed by atoms with Crippen LogP contribution in [0.1, 0.15) is 30.5 Å². The second kappa shape index (κ2) is 15.4. The van der Waals surface area contributed by atoms with Crippen LogP contribution in [-0.4, -0.2) is 116 Å². The molecular weight excluding hydrogens is 608 g/mol. The molecule has 246 valence electrons. The van der Waals surface area contributed by atoms with Gasteiger partial charge >= 0.3 is 0 Å². The van der Waals surface area contributed by atoms with Gasteiger partial charge in [0.25, 0.3) is 0 Å². The van der Waals surface area contributed by atoms with Gasteiger partial charge in [-0.1, -0.05) is 17.3 Å². The van der Waals surface area contributed by atoms with Crippen LogP contribution in [0, 0.1) is 0 Å². The molecule has 2 fully saturated rings. The van der Waals surface area contributed by atoms with Gasteiger partial charge in [0, 0.05) is 51.5 Å². The number of piperidine rings is 1. The minimum absolute atomic E-state index is 0.0102. The van der Waals surface area contributed by atoms with Crippen molar-refractivity contribution in [3.63, 3.8) is 0 Å². The number of carbonyl (C=O) groups excluding carboxylic acids is 4. The van der Waals surface area contributed by atoms with Gasteiger partial charge in [-0.25, -0.2) is 13.1 Å². The number of sulfone groups is 1. The lowest BCUT2D eigenvalue weighted by molar-refractivity contribution is -0.133. The number of nitrogens with one attached hydrogen (secondary N) is 3. The van der Waals surface area contributed by atoms with Crippen LogP contribution in [0.4, 0.5) is 0 Å². The third kappa shape index (κ3) is 10.6. The summed E-state index contributed by atoms with van der Waals surface area (Å²) in [4.78, 5) is 53.1. The maximum absolute atomic E-state index is 13.5. The van der Waals surface area contributed by atoms with Gasteiger partial charge in [0.05, 0.1) is 35.9 Å². The van der Waals surface area contributed by atoms with Crippen molar-refractivity contribution in [1.82, 2.24) is 35.8 Å². The number of amides is 4. The normalized spacial score (nSPS) is 21.1. The first-order chi connectivity index (χ1) is 21.4. The Labute approximate surface area is 261 Å². The summed E-state index contributed by atoms with van der Waals surface area (Å²) in [6.45, 7) is 2.14. The number of primary amides is 1. The highest BCUT2D eigenvalue weighted by molar-refractivity contribution is 7.90. The Morgan fingerprint density at radius 2 is 1.78 bits per heavy atom. The van der Waals surface area contributed by atoms with Crippen LogP contribution < -0.4 is 21.7 Å². The molecule has 5 N–H and O–H groups in total. The molecule has 0 bridgehead atoms. The van der Waals surface area contributed by atoms with E-state index in [4.69, 9.17) is 15.2 Å². The van der Waals surface area contributed by atoms with Crippen LogP contribution in [-0.2, 0) is 58.0 Å². The quantitative estimate of drug-likeness (QED) is 0.255. The number of rotatable bonds is 7. The maximum Gasteiger partial charge on any atom is 0.246 e.